The molecule has 0 N–H and O–H groups in total. The first kappa shape index (κ1) is 15.7. The van der Waals surface area contributed by atoms with Gasteiger partial charge in [-0.15, -0.1) is 0 Å². The first-order chi connectivity index (χ1) is 12.3. The third-order valence-corrected chi connectivity index (χ3v) is 5.03. The van der Waals surface area contributed by atoms with Crippen molar-refractivity contribution in [3.8, 4) is 23.0 Å². The SMILES string of the molecule is COc1cc(C2CCCB(C#N)C2)nc2c(-c3ccccc3)cnn12. The van der Waals surface area contributed by atoms with Gasteiger partial charge in [-0.2, -0.15) is 9.61 Å². The highest BCUT2D eigenvalue weighted by atomic mass is 16.5. The zero-order valence-corrected chi connectivity index (χ0v) is 14.2. The van der Waals surface area contributed by atoms with E-state index in [-0.39, 0.29) is 6.71 Å². The Hall–Kier alpha value is -2.81. The van der Waals surface area contributed by atoms with Gasteiger partial charge in [0.05, 0.1) is 19.0 Å². The number of methoxy groups -OCH3 is 1. The summed E-state index contributed by atoms with van der Waals surface area (Å²) in [5, 5.41) is 13.7. The minimum absolute atomic E-state index is 0.126. The number of hydrogen-bond acceptors (Lipinski definition) is 4. The van der Waals surface area contributed by atoms with Gasteiger partial charge in [0.25, 0.3) is 6.71 Å². The molecule has 1 aliphatic rings. The first-order valence-electron chi connectivity index (χ1n) is 8.68. The Morgan fingerprint density at radius 2 is 2.16 bits per heavy atom. The third-order valence-electron chi connectivity index (χ3n) is 5.03. The number of nitrogens with zero attached hydrogens (tertiary/aromatic N) is 4. The quantitative estimate of drug-likeness (QED) is 0.685. The summed E-state index contributed by atoms with van der Waals surface area (Å²) in [5.74, 6) is 3.41. The lowest BCUT2D eigenvalue weighted by molar-refractivity contribution is 0.383. The largest absolute Gasteiger partial charge is 0.481 e. The maximum atomic E-state index is 9.28. The van der Waals surface area contributed by atoms with Crippen molar-refractivity contribution in [1.29, 1.82) is 5.26 Å². The Morgan fingerprint density at radius 1 is 1.32 bits per heavy atom. The summed E-state index contributed by atoms with van der Waals surface area (Å²) in [5.41, 5.74) is 3.89. The molecule has 1 atom stereocenters. The van der Waals surface area contributed by atoms with Crippen LogP contribution >= 0.6 is 0 Å². The maximum Gasteiger partial charge on any atom is 0.268 e. The Balaban J connectivity index is 1.82. The summed E-state index contributed by atoms with van der Waals surface area (Å²) in [4.78, 5) is 4.92. The summed E-state index contributed by atoms with van der Waals surface area (Å²) in [6.07, 6.45) is 5.84. The predicted octanol–water partition coefficient (Wildman–Crippen LogP) is 3.84. The van der Waals surface area contributed by atoms with Crippen LogP contribution in [0.5, 0.6) is 5.88 Å². The average molecular weight is 330 g/mol. The van der Waals surface area contributed by atoms with E-state index < -0.39 is 0 Å². The monoisotopic (exact) mass is 330 g/mol. The molecule has 1 fully saturated rings. The Kier molecular flexibility index (Phi) is 4.15. The van der Waals surface area contributed by atoms with Crippen molar-refractivity contribution in [3.63, 3.8) is 0 Å². The molecule has 0 bridgehead atoms. The fourth-order valence-corrected chi connectivity index (χ4v) is 3.70. The highest BCUT2D eigenvalue weighted by Gasteiger charge is 2.28. The number of nitriles is 1. The van der Waals surface area contributed by atoms with Gasteiger partial charge >= 0.3 is 0 Å². The van der Waals surface area contributed by atoms with E-state index in [1.807, 2.05) is 30.5 Å². The molecule has 0 saturated carbocycles. The lowest BCUT2D eigenvalue weighted by Crippen LogP contribution is -2.21. The van der Waals surface area contributed by atoms with Crippen LogP contribution in [-0.2, 0) is 0 Å². The van der Waals surface area contributed by atoms with E-state index in [2.05, 4.69) is 23.2 Å². The summed E-state index contributed by atoms with van der Waals surface area (Å²) < 4.78 is 7.30. The molecule has 0 amide bonds. The number of benzene rings is 1. The van der Waals surface area contributed by atoms with Crippen LogP contribution in [0.15, 0.2) is 42.6 Å². The second-order valence-corrected chi connectivity index (χ2v) is 6.57. The topological polar surface area (TPSA) is 63.2 Å². The molecule has 25 heavy (non-hydrogen) atoms. The summed E-state index contributed by atoms with van der Waals surface area (Å²) >= 11 is 0. The van der Waals surface area contributed by atoms with Crippen molar-refractivity contribution in [2.75, 3.05) is 7.11 Å². The van der Waals surface area contributed by atoms with Crippen molar-refractivity contribution in [2.45, 2.75) is 31.4 Å². The lowest BCUT2D eigenvalue weighted by atomic mass is 9.41. The van der Waals surface area contributed by atoms with E-state index in [0.717, 1.165) is 47.9 Å². The van der Waals surface area contributed by atoms with Gasteiger partial charge in [0.15, 0.2) is 5.65 Å². The van der Waals surface area contributed by atoms with E-state index in [4.69, 9.17) is 9.72 Å². The van der Waals surface area contributed by atoms with Crippen LogP contribution in [0.4, 0.5) is 0 Å². The van der Waals surface area contributed by atoms with Crippen LogP contribution in [-0.4, -0.2) is 28.4 Å². The summed E-state index contributed by atoms with van der Waals surface area (Å²) in [6.45, 7) is 0.126. The van der Waals surface area contributed by atoms with E-state index >= 15 is 0 Å². The molecule has 124 valence electrons. The minimum Gasteiger partial charge on any atom is -0.481 e. The molecule has 1 unspecified atom stereocenters. The van der Waals surface area contributed by atoms with Crippen LogP contribution in [0.2, 0.25) is 12.6 Å². The highest BCUT2D eigenvalue weighted by Crippen LogP contribution is 2.35. The Bertz CT molecular complexity index is 932. The van der Waals surface area contributed by atoms with Crippen LogP contribution < -0.4 is 4.74 Å². The first-order valence-corrected chi connectivity index (χ1v) is 8.68. The Morgan fingerprint density at radius 3 is 2.92 bits per heavy atom. The molecule has 2 aromatic heterocycles. The van der Waals surface area contributed by atoms with Crippen molar-refractivity contribution in [3.05, 3.63) is 48.3 Å². The van der Waals surface area contributed by atoms with Crippen LogP contribution in [0, 0.1) is 11.2 Å². The lowest BCUT2D eigenvalue weighted by Gasteiger charge is -2.23. The molecule has 0 aliphatic carbocycles. The predicted molar refractivity (Wildman–Crippen MR) is 97.9 cm³/mol. The van der Waals surface area contributed by atoms with E-state index in [0.29, 0.717) is 11.8 Å². The minimum atomic E-state index is 0.126. The van der Waals surface area contributed by atoms with E-state index in [1.165, 1.54) is 0 Å². The number of ether oxygens (including phenoxy) is 1. The van der Waals surface area contributed by atoms with Gasteiger partial charge in [0.1, 0.15) is 0 Å². The van der Waals surface area contributed by atoms with Crippen molar-refractivity contribution in [2.24, 2.45) is 0 Å². The second-order valence-electron chi connectivity index (χ2n) is 6.57. The highest BCUT2D eigenvalue weighted by molar-refractivity contribution is 6.67. The standard InChI is InChI=1S/C19H19BN4O/c1-25-18-10-17(15-8-5-9-20(11-15)13-21)23-19-16(12-22-24(18)19)14-6-3-2-4-7-14/h2-4,6-7,10,12,15H,5,8-9,11H2,1H3. The van der Waals surface area contributed by atoms with E-state index in [1.54, 1.807) is 11.6 Å². The summed E-state index contributed by atoms with van der Waals surface area (Å²) in [7, 11) is 1.65. The van der Waals surface area contributed by atoms with Gasteiger partial charge in [-0.05, 0) is 17.9 Å². The molecule has 6 heteroatoms. The van der Waals surface area contributed by atoms with Gasteiger partial charge in [-0.25, -0.2) is 10.2 Å². The molecule has 1 saturated heterocycles. The fraction of sp³-hybridized carbons (Fsp3) is 0.316. The zero-order chi connectivity index (χ0) is 17.2. The molecule has 0 spiro atoms. The van der Waals surface area contributed by atoms with Crippen molar-refractivity contribution < 1.29 is 4.74 Å². The zero-order valence-electron chi connectivity index (χ0n) is 14.2. The molecular formula is C19H19BN4O. The normalized spacial score (nSPS) is 17.4. The molecule has 4 rings (SSSR count). The van der Waals surface area contributed by atoms with Crippen LogP contribution in [0.1, 0.15) is 24.5 Å². The van der Waals surface area contributed by atoms with Gasteiger partial charge in [0.2, 0.25) is 5.88 Å². The van der Waals surface area contributed by atoms with Crippen LogP contribution in [0.3, 0.4) is 0 Å². The smallest absolute Gasteiger partial charge is 0.268 e. The van der Waals surface area contributed by atoms with Gasteiger partial charge < -0.3 is 4.74 Å². The molecule has 0 radical (unpaired) electrons. The number of aromatic nitrogens is 3. The molecule has 1 aromatic carbocycles. The van der Waals surface area contributed by atoms with Gasteiger partial charge in [-0.1, -0.05) is 49.4 Å². The Labute approximate surface area is 147 Å². The third kappa shape index (κ3) is 2.87. The molecule has 5 nitrogen and oxygen atoms in total. The molecule has 3 aromatic rings. The maximum absolute atomic E-state index is 9.28. The van der Waals surface area contributed by atoms with Crippen LogP contribution in [0.25, 0.3) is 16.8 Å². The number of fused-ring (bicyclic) bond motifs is 1. The fourth-order valence-electron chi connectivity index (χ4n) is 3.70. The molecule has 3 heterocycles. The number of rotatable bonds is 3. The van der Waals surface area contributed by atoms with E-state index in [9.17, 15) is 5.26 Å². The molecular weight excluding hydrogens is 311 g/mol. The van der Waals surface area contributed by atoms with Crippen molar-refractivity contribution in [1.82, 2.24) is 14.6 Å². The second kappa shape index (κ2) is 6.60. The van der Waals surface area contributed by atoms with Crippen molar-refractivity contribution >= 4 is 12.4 Å². The molecule has 1 aliphatic heterocycles. The average Bonchev–Trinajstić information content (AvgIpc) is 3.12. The van der Waals surface area contributed by atoms with Gasteiger partial charge in [-0.3, -0.25) is 0 Å². The van der Waals surface area contributed by atoms with Gasteiger partial charge in [0, 0.05) is 17.6 Å². The number of hydrogen-bond donors (Lipinski definition) is 0. The summed E-state index contributed by atoms with van der Waals surface area (Å²) in [6, 6.07) is 12.1.